The molecule has 0 saturated carbocycles. The van der Waals surface area contributed by atoms with E-state index in [-0.39, 0.29) is 5.69 Å². The Balaban J connectivity index is 2.04. The third-order valence-electron chi connectivity index (χ3n) is 3.23. The number of pyridine rings is 1. The molecule has 5 heteroatoms. The second kappa shape index (κ2) is 5.82. The van der Waals surface area contributed by atoms with Gasteiger partial charge in [-0.15, -0.1) is 5.10 Å². The molecule has 0 bridgehead atoms. The van der Waals surface area contributed by atoms with Crippen LogP contribution in [0.2, 0.25) is 0 Å². The average Bonchev–Trinajstić information content (AvgIpc) is 2.72. The maximum absolute atomic E-state index is 12.0. The van der Waals surface area contributed by atoms with Crippen LogP contribution in [0.5, 0.6) is 0 Å². The van der Waals surface area contributed by atoms with Gasteiger partial charge in [-0.1, -0.05) is 19.9 Å². The molecule has 0 radical (unpaired) electrons. The number of rotatable bonds is 6. The van der Waals surface area contributed by atoms with Gasteiger partial charge in [0.2, 0.25) is 0 Å². The zero-order chi connectivity index (χ0) is 13.0. The standard InChI is InChI=1S/C13H20N4O/c1-3-11(4-2)14-8-10-17-13(18)16-9-6-5-7-12(16)15-17/h5-7,9,11,14H,3-4,8,10H2,1-2H3. The first-order valence-electron chi connectivity index (χ1n) is 6.53. The predicted octanol–water partition coefficient (Wildman–Crippen LogP) is 1.27. The van der Waals surface area contributed by atoms with Crippen LogP contribution >= 0.6 is 0 Å². The first kappa shape index (κ1) is 12.8. The van der Waals surface area contributed by atoms with Gasteiger partial charge in [0.15, 0.2) is 5.65 Å². The van der Waals surface area contributed by atoms with Gasteiger partial charge < -0.3 is 5.32 Å². The number of nitrogens with zero attached hydrogens (tertiary/aromatic N) is 3. The Morgan fingerprint density at radius 2 is 2.11 bits per heavy atom. The summed E-state index contributed by atoms with van der Waals surface area (Å²) in [6, 6.07) is 6.08. The van der Waals surface area contributed by atoms with Gasteiger partial charge in [-0.3, -0.25) is 4.40 Å². The molecule has 0 aliphatic heterocycles. The molecule has 2 aromatic heterocycles. The van der Waals surface area contributed by atoms with Crippen LogP contribution in [-0.2, 0) is 6.54 Å². The van der Waals surface area contributed by atoms with E-state index in [1.807, 2.05) is 18.2 Å². The Morgan fingerprint density at radius 1 is 1.33 bits per heavy atom. The lowest BCUT2D eigenvalue weighted by Crippen LogP contribution is -2.33. The molecular weight excluding hydrogens is 228 g/mol. The van der Waals surface area contributed by atoms with Gasteiger partial charge in [0.25, 0.3) is 0 Å². The van der Waals surface area contributed by atoms with Crippen molar-refractivity contribution in [2.45, 2.75) is 39.3 Å². The molecule has 0 aliphatic rings. The number of aromatic nitrogens is 3. The third-order valence-corrected chi connectivity index (χ3v) is 3.23. The van der Waals surface area contributed by atoms with E-state index in [1.54, 1.807) is 10.6 Å². The summed E-state index contributed by atoms with van der Waals surface area (Å²) in [6.45, 7) is 5.71. The largest absolute Gasteiger partial charge is 0.350 e. The number of fused-ring (bicyclic) bond motifs is 1. The van der Waals surface area contributed by atoms with Crippen molar-refractivity contribution in [3.63, 3.8) is 0 Å². The third kappa shape index (κ3) is 2.61. The van der Waals surface area contributed by atoms with Crippen LogP contribution in [0.4, 0.5) is 0 Å². The van der Waals surface area contributed by atoms with Crippen LogP contribution in [-0.4, -0.2) is 26.8 Å². The normalized spacial score (nSPS) is 11.5. The molecule has 2 aromatic rings. The van der Waals surface area contributed by atoms with Crippen molar-refractivity contribution in [3.8, 4) is 0 Å². The van der Waals surface area contributed by atoms with Gasteiger partial charge in [-0.05, 0) is 25.0 Å². The highest BCUT2D eigenvalue weighted by Crippen LogP contribution is 1.96. The van der Waals surface area contributed by atoms with Crippen molar-refractivity contribution in [2.75, 3.05) is 6.54 Å². The van der Waals surface area contributed by atoms with Gasteiger partial charge in [0.1, 0.15) is 0 Å². The summed E-state index contributed by atoms with van der Waals surface area (Å²) in [5.41, 5.74) is 0.627. The van der Waals surface area contributed by atoms with E-state index in [4.69, 9.17) is 0 Å². The zero-order valence-corrected chi connectivity index (χ0v) is 11.0. The first-order chi connectivity index (χ1) is 8.76. The first-order valence-corrected chi connectivity index (χ1v) is 6.53. The maximum Gasteiger partial charge on any atom is 0.350 e. The minimum Gasteiger partial charge on any atom is -0.312 e. The summed E-state index contributed by atoms with van der Waals surface area (Å²) in [6.07, 6.45) is 3.96. The molecule has 1 N–H and O–H groups in total. The highest BCUT2D eigenvalue weighted by atomic mass is 16.2. The smallest absolute Gasteiger partial charge is 0.312 e. The zero-order valence-electron chi connectivity index (χ0n) is 11.0. The Kier molecular flexibility index (Phi) is 4.15. The van der Waals surface area contributed by atoms with Crippen LogP contribution in [0.15, 0.2) is 29.2 Å². The summed E-state index contributed by atoms with van der Waals surface area (Å²) in [5, 5.41) is 7.72. The summed E-state index contributed by atoms with van der Waals surface area (Å²) >= 11 is 0. The van der Waals surface area contributed by atoms with Gasteiger partial charge in [0.05, 0.1) is 6.54 Å². The molecule has 0 unspecified atom stereocenters. The predicted molar refractivity (Wildman–Crippen MR) is 71.8 cm³/mol. The molecule has 18 heavy (non-hydrogen) atoms. The molecule has 98 valence electrons. The maximum atomic E-state index is 12.0. The van der Waals surface area contributed by atoms with Crippen molar-refractivity contribution >= 4 is 5.65 Å². The minimum atomic E-state index is -0.0723. The van der Waals surface area contributed by atoms with Crippen LogP contribution < -0.4 is 11.0 Å². The average molecular weight is 248 g/mol. The number of nitrogens with one attached hydrogen (secondary N) is 1. The summed E-state index contributed by atoms with van der Waals surface area (Å²) in [5.74, 6) is 0. The molecule has 0 atom stereocenters. The topological polar surface area (TPSA) is 51.3 Å². The second-order valence-electron chi connectivity index (χ2n) is 4.40. The van der Waals surface area contributed by atoms with Crippen LogP contribution in [0.1, 0.15) is 26.7 Å². The van der Waals surface area contributed by atoms with E-state index in [2.05, 4.69) is 24.3 Å². The van der Waals surface area contributed by atoms with Crippen molar-refractivity contribution in [1.29, 1.82) is 0 Å². The Hall–Kier alpha value is -1.62. The lowest BCUT2D eigenvalue weighted by Gasteiger charge is -2.13. The molecule has 2 rings (SSSR count). The Morgan fingerprint density at radius 3 is 2.78 bits per heavy atom. The highest BCUT2D eigenvalue weighted by Gasteiger charge is 2.06. The molecule has 5 nitrogen and oxygen atoms in total. The van der Waals surface area contributed by atoms with Crippen LogP contribution in [0.25, 0.3) is 5.65 Å². The molecule has 0 aromatic carbocycles. The molecule has 0 spiro atoms. The fourth-order valence-corrected chi connectivity index (χ4v) is 2.07. The highest BCUT2D eigenvalue weighted by molar-refractivity contribution is 5.35. The lowest BCUT2D eigenvalue weighted by atomic mass is 10.2. The number of hydrogen-bond acceptors (Lipinski definition) is 3. The van der Waals surface area contributed by atoms with E-state index in [0.29, 0.717) is 18.2 Å². The second-order valence-corrected chi connectivity index (χ2v) is 4.40. The van der Waals surface area contributed by atoms with E-state index >= 15 is 0 Å². The van der Waals surface area contributed by atoms with Crippen molar-refractivity contribution < 1.29 is 0 Å². The molecule has 2 heterocycles. The van der Waals surface area contributed by atoms with Crippen molar-refractivity contribution in [1.82, 2.24) is 19.5 Å². The van der Waals surface area contributed by atoms with E-state index in [1.165, 1.54) is 4.68 Å². The van der Waals surface area contributed by atoms with Gasteiger partial charge >= 0.3 is 5.69 Å². The molecule has 0 amide bonds. The van der Waals surface area contributed by atoms with Crippen LogP contribution in [0.3, 0.4) is 0 Å². The summed E-state index contributed by atoms with van der Waals surface area (Å²) in [7, 11) is 0. The van der Waals surface area contributed by atoms with Gasteiger partial charge in [0, 0.05) is 18.8 Å². The molecular formula is C13H20N4O. The van der Waals surface area contributed by atoms with Crippen molar-refractivity contribution in [2.24, 2.45) is 0 Å². The van der Waals surface area contributed by atoms with E-state index in [0.717, 1.165) is 19.4 Å². The van der Waals surface area contributed by atoms with Gasteiger partial charge in [-0.2, -0.15) is 0 Å². The number of hydrogen-bond donors (Lipinski definition) is 1. The SMILES string of the molecule is CCC(CC)NCCn1nc2ccccn2c1=O. The van der Waals surface area contributed by atoms with Gasteiger partial charge in [-0.25, -0.2) is 9.48 Å². The van der Waals surface area contributed by atoms with E-state index < -0.39 is 0 Å². The fourth-order valence-electron chi connectivity index (χ4n) is 2.07. The summed E-state index contributed by atoms with van der Waals surface area (Å²) < 4.78 is 3.09. The fraction of sp³-hybridized carbons (Fsp3) is 0.538. The monoisotopic (exact) mass is 248 g/mol. The molecule has 0 saturated heterocycles. The van der Waals surface area contributed by atoms with Crippen molar-refractivity contribution in [3.05, 3.63) is 34.9 Å². The Bertz CT molecular complexity index is 553. The van der Waals surface area contributed by atoms with Crippen LogP contribution in [0, 0.1) is 0 Å². The molecule has 0 fully saturated rings. The quantitative estimate of drug-likeness (QED) is 0.837. The minimum absolute atomic E-state index is 0.0723. The Labute approximate surface area is 106 Å². The van der Waals surface area contributed by atoms with E-state index in [9.17, 15) is 4.79 Å². The summed E-state index contributed by atoms with van der Waals surface area (Å²) in [4.78, 5) is 12.0. The molecule has 0 aliphatic carbocycles. The lowest BCUT2D eigenvalue weighted by molar-refractivity contribution is 0.450.